The normalized spacial score (nSPS) is 19.2. The maximum Gasteiger partial charge on any atom is 0.409 e. The smallest absolute Gasteiger partial charge is 0.287 e. The number of benzene rings is 2. The lowest BCUT2D eigenvalue weighted by Gasteiger charge is -2.38. The number of amides is 1. The monoisotopic (exact) mass is 364 g/mol. The van der Waals surface area contributed by atoms with E-state index >= 15 is 0 Å². The van der Waals surface area contributed by atoms with Gasteiger partial charge in [0, 0.05) is 12.0 Å². The van der Waals surface area contributed by atoms with Crippen LogP contribution in [0.4, 0.5) is 13.2 Å². The summed E-state index contributed by atoms with van der Waals surface area (Å²) in [5, 5.41) is 2.45. The fraction of sp³-hybridized carbons (Fsp3) is 0.450. The average Bonchev–Trinajstić information content (AvgIpc) is 2.78. The highest BCUT2D eigenvalue weighted by Crippen LogP contribution is 2.45. The summed E-state index contributed by atoms with van der Waals surface area (Å²) in [6, 6.07) is 8.58. The van der Waals surface area contributed by atoms with E-state index < -0.39 is 23.7 Å². The summed E-state index contributed by atoms with van der Waals surface area (Å²) < 4.78 is 42.4. The van der Waals surface area contributed by atoms with Crippen LogP contribution in [0.3, 0.4) is 0 Å². The first-order chi connectivity index (χ1) is 12.0. The van der Waals surface area contributed by atoms with E-state index in [1.165, 1.54) is 6.07 Å². The lowest BCUT2D eigenvalue weighted by atomic mass is 9.90. The van der Waals surface area contributed by atoms with Gasteiger partial charge in [0.15, 0.2) is 6.04 Å². The molecule has 1 atom stereocenters. The van der Waals surface area contributed by atoms with Gasteiger partial charge < -0.3 is 0 Å². The second kappa shape index (κ2) is 6.27. The molecule has 3 rings (SSSR count). The summed E-state index contributed by atoms with van der Waals surface area (Å²) in [5.41, 5.74) is 2.66. The standard InChI is InChI=1S/C20H23F3N2O/c1-12(2)13-7-5-9-15-14(13)8-6-10-16(15)18(20(21,22)23)25-19(3,4)11-17(26)24-25/h5-10,12,18H,11H2,1-4H3,(H,24,26)/t18-/m0/s1. The molecule has 3 nitrogen and oxygen atoms in total. The van der Waals surface area contributed by atoms with Crippen LogP contribution in [0.25, 0.3) is 10.8 Å². The lowest BCUT2D eigenvalue weighted by molar-refractivity contribution is -0.203. The molecule has 0 aliphatic carbocycles. The van der Waals surface area contributed by atoms with Gasteiger partial charge in [-0.25, -0.2) is 0 Å². The summed E-state index contributed by atoms with van der Waals surface area (Å²) in [6.45, 7) is 7.33. The van der Waals surface area contributed by atoms with E-state index in [9.17, 15) is 18.0 Å². The Kier molecular flexibility index (Phi) is 4.51. The third kappa shape index (κ3) is 3.18. The third-order valence-electron chi connectivity index (χ3n) is 4.96. The van der Waals surface area contributed by atoms with E-state index in [2.05, 4.69) is 5.43 Å². The van der Waals surface area contributed by atoms with Gasteiger partial charge in [-0.1, -0.05) is 50.2 Å². The molecule has 1 saturated heterocycles. The van der Waals surface area contributed by atoms with Gasteiger partial charge in [-0.05, 0) is 41.7 Å². The van der Waals surface area contributed by atoms with Gasteiger partial charge in [-0.15, -0.1) is 0 Å². The summed E-state index contributed by atoms with van der Waals surface area (Å²) in [6.07, 6.45) is -4.50. The Morgan fingerprint density at radius 2 is 1.58 bits per heavy atom. The highest BCUT2D eigenvalue weighted by molar-refractivity contribution is 5.89. The Labute approximate surface area is 151 Å². The molecule has 0 radical (unpaired) electrons. The minimum atomic E-state index is -4.53. The number of hydrogen-bond acceptors (Lipinski definition) is 2. The van der Waals surface area contributed by atoms with Crippen LogP contribution in [0.2, 0.25) is 0 Å². The van der Waals surface area contributed by atoms with E-state index in [1.807, 2.05) is 26.0 Å². The first-order valence-electron chi connectivity index (χ1n) is 8.69. The molecular weight excluding hydrogens is 341 g/mol. The van der Waals surface area contributed by atoms with Gasteiger partial charge in [0.2, 0.25) is 5.91 Å². The van der Waals surface area contributed by atoms with E-state index in [1.54, 1.807) is 32.0 Å². The number of carbonyl (C=O) groups excluding carboxylic acids is 1. The zero-order valence-electron chi connectivity index (χ0n) is 15.3. The number of rotatable bonds is 3. The van der Waals surface area contributed by atoms with E-state index in [0.717, 1.165) is 16.0 Å². The van der Waals surface area contributed by atoms with Gasteiger partial charge >= 0.3 is 6.18 Å². The van der Waals surface area contributed by atoms with Crippen LogP contribution in [-0.2, 0) is 4.79 Å². The molecule has 26 heavy (non-hydrogen) atoms. The van der Waals surface area contributed by atoms with Crippen molar-refractivity contribution in [1.29, 1.82) is 0 Å². The lowest BCUT2D eigenvalue weighted by Crippen LogP contribution is -2.51. The van der Waals surface area contributed by atoms with Crippen molar-refractivity contribution in [1.82, 2.24) is 10.4 Å². The number of alkyl halides is 3. The second-order valence-corrected chi connectivity index (χ2v) is 7.78. The first-order valence-corrected chi connectivity index (χ1v) is 8.69. The number of fused-ring (bicyclic) bond motifs is 1. The molecule has 140 valence electrons. The van der Waals surface area contributed by atoms with Crippen molar-refractivity contribution >= 4 is 16.7 Å². The van der Waals surface area contributed by atoms with Crippen molar-refractivity contribution in [3.63, 3.8) is 0 Å². The zero-order chi connectivity index (χ0) is 19.3. The number of hydrazine groups is 1. The molecule has 2 aromatic carbocycles. The molecule has 0 saturated carbocycles. The van der Waals surface area contributed by atoms with E-state index in [4.69, 9.17) is 0 Å². The van der Waals surface area contributed by atoms with Gasteiger partial charge in [0.25, 0.3) is 0 Å². The molecule has 1 fully saturated rings. The quantitative estimate of drug-likeness (QED) is 0.823. The van der Waals surface area contributed by atoms with Crippen LogP contribution in [0.5, 0.6) is 0 Å². The van der Waals surface area contributed by atoms with Gasteiger partial charge in [0.05, 0.1) is 0 Å². The molecule has 2 aromatic rings. The fourth-order valence-corrected chi connectivity index (χ4v) is 3.78. The molecule has 1 aliphatic rings. The minimum Gasteiger partial charge on any atom is -0.287 e. The molecule has 1 heterocycles. The van der Waals surface area contributed by atoms with Gasteiger partial charge in [0.1, 0.15) is 0 Å². The van der Waals surface area contributed by atoms with Gasteiger partial charge in [-0.2, -0.15) is 18.2 Å². The fourth-order valence-electron chi connectivity index (χ4n) is 3.78. The minimum absolute atomic E-state index is 0.0294. The van der Waals surface area contributed by atoms with Crippen LogP contribution in [0, 0.1) is 0 Å². The Hall–Kier alpha value is -2.08. The Morgan fingerprint density at radius 3 is 2.04 bits per heavy atom. The molecule has 1 aliphatic heterocycles. The van der Waals surface area contributed by atoms with Crippen LogP contribution >= 0.6 is 0 Å². The molecule has 0 spiro atoms. The van der Waals surface area contributed by atoms with Crippen LogP contribution < -0.4 is 5.43 Å². The SMILES string of the molecule is CC(C)c1cccc2c([C@H](N3NC(=O)CC3(C)C)C(F)(F)F)cccc12. The Morgan fingerprint density at radius 1 is 1.04 bits per heavy atom. The first kappa shape index (κ1) is 18.7. The Balaban J connectivity index is 2.24. The summed E-state index contributed by atoms with van der Waals surface area (Å²) in [7, 11) is 0. The van der Waals surface area contributed by atoms with E-state index in [-0.39, 0.29) is 17.9 Å². The van der Waals surface area contributed by atoms with Crippen LogP contribution in [0.15, 0.2) is 36.4 Å². The third-order valence-corrected chi connectivity index (χ3v) is 4.96. The molecule has 0 aromatic heterocycles. The topological polar surface area (TPSA) is 32.3 Å². The van der Waals surface area contributed by atoms with Crippen molar-refractivity contribution < 1.29 is 18.0 Å². The maximum absolute atomic E-state index is 14.1. The molecular formula is C20H23F3N2O. The maximum atomic E-state index is 14.1. The largest absolute Gasteiger partial charge is 0.409 e. The number of halogens is 3. The number of carbonyl (C=O) groups is 1. The van der Waals surface area contributed by atoms with Crippen LogP contribution in [0.1, 0.15) is 57.2 Å². The average molecular weight is 364 g/mol. The predicted molar refractivity (Wildman–Crippen MR) is 95.5 cm³/mol. The van der Waals surface area contributed by atoms with Gasteiger partial charge in [-0.3, -0.25) is 10.2 Å². The van der Waals surface area contributed by atoms with Crippen LogP contribution in [-0.4, -0.2) is 22.6 Å². The van der Waals surface area contributed by atoms with E-state index in [0.29, 0.717) is 5.39 Å². The highest BCUT2D eigenvalue weighted by Gasteiger charge is 2.53. The Bertz CT molecular complexity index is 843. The predicted octanol–water partition coefficient (Wildman–Crippen LogP) is 5.08. The van der Waals surface area contributed by atoms with Crippen molar-refractivity contribution in [3.8, 4) is 0 Å². The molecule has 0 unspecified atom stereocenters. The summed E-state index contributed by atoms with van der Waals surface area (Å²) in [4.78, 5) is 11.8. The molecule has 0 bridgehead atoms. The number of nitrogens with one attached hydrogen (secondary N) is 1. The molecule has 1 amide bonds. The van der Waals surface area contributed by atoms with Crippen molar-refractivity contribution in [2.45, 2.75) is 57.8 Å². The van der Waals surface area contributed by atoms with Crippen molar-refractivity contribution in [2.75, 3.05) is 0 Å². The zero-order valence-corrected chi connectivity index (χ0v) is 15.3. The molecule has 6 heteroatoms. The number of nitrogens with zero attached hydrogens (tertiary/aromatic N) is 1. The molecule has 1 N–H and O–H groups in total. The summed E-state index contributed by atoms with van der Waals surface area (Å²) in [5.74, 6) is -0.200. The highest BCUT2D eigenvalue weighted by atomic mass is 19.4. The van der Waals surface area contributed by atoms with Crippen molar-refractivity contribution in [2.24, 2.45) is 0 Å². The second-order valence-electron chi connectivity index (χ2n) is 7.78. The summed E-state index contributed by atoms with van der Waals surface area (Å²) >= 11 is 0. The van der Waals surface area contributed by atoms with Crippen molar-refractivity contribution in [3.05, 3.63) is 47.5 Å². The number of hydrogen-bond donors (Lipinski definition) is 1.